The lowest BCUT2D eigenvalue weighted by atomic mass is 10.1. The van der Waals surface area contributed by atoms with Crippen molar-refractivity contribution in [1.29, 1.82) is 0 Å². The van der Waals surface area contributed by atoms with Gasteiger partial charge < -0.3 is 4.74 Å². The van der Waals surface area contributed by atoms with E-state index < -0.39 is 12.3 Å². The second-order valence-corrected chi connectivity index (χ2v) is 5.97. The van der Waals surface area contributed by atoms with Gasteiger partial charge in [0.15, 0.2) is 0 Å². The maximum Gasteiger partial charge on any atom is 0.409 e. The zero-order valence-electron chi connectivity index (χ0n) is 14.4. The number of benzene rings is 2. The van der Waals surface area contributed by atoms with Crippen molar-refractivity contribution < 1.29 is 14.4 Å². The van der Waals surface area contributed by atoms with Crippen LogP contribution in [0.3, 0.4) is 0 Å². The van der Waals surface area contributed by atoms with E-state index in [1.54, 1.807) is 5.06 Å². The number of alkyl carbamates (subject to hydrolysis) is 1. The normalized spacial score (nSPS) is 19.9. The Morgan fingerprint density at radius 3 is 2.44 bits per heavy atom. The molecule has 0 saturated heterocycles. The van der Waals surface area contributed by atoms with Gasteiger partial charge in [0.2, 0.25) is 0 Å². The van der Waals surface area contributed by atoms with Crippen LogP contribution in [0, 0.1) is 0 Å². The number of nitrogens with one attached hydrogen (secondary N) is 1. The van der Waals surface area contributed by atoms with Gasteiger partial charge in [-0.3, -0.25) is 10.2 Å². The molecule has 3 rings (SSSR count). The Bertz CT molecular complexity index is 731. The Morgan fingerprint density at radius 1 is 1.12 bits per heavy atom. The fourth-order valence-electron chi connectivity index (χ4n) is 2.55. The van der Waals surface area contributed by atoms with Crippen LogP contribution >= 0.6 is 0 Å². The summed E-state index contributed by atoms with van der Waals surface area (Å²) >= 11 is 0. The molecule has 5 heteroatoms. The topological polar surface area (TPSA) is 50.8 Å². The molecular formula is C20H22N2O3. The molecule has 25 heavy (non-hydrogen) atoms. The number of carbonyl (C=O) groups is 1. The van der Waals surface area contributed by atoms with Gasteiger partial charge in [-0.15, -0.1) is 0 Å². The van der Waals surface area contributed by atoms with Crippen LogP contribution in [0.25, 0.3) is 0 Å². The molecule has 2 aromatic carbocycles. The minimum atomic E-state index is -0.489. The van der Waals surface area contributed by atoms with Crippen LogP contribution in [-0.4, -0.2) is 18.4 Å². The van der Waals surface area contributed by atoms with E-state index in [1.807, 2.05) is 80.6 Å². The first-order valence-electron chi connectivity index (χ1n) is 8.30. The predicted molar refractivity (Wildman–Crippen MR) is 96.8 cm³/mol. The van der Waals surface area contributed by atoms with Gasteiger partial charge >= 0.3 is 6.09 Å². The molecule has 0 radical (unpaired) electrons. The summed E-state index contributed by atoms with van der Waals surface area (Å²) in [5.74, 6) is 0. The summed E-state index contributed by atoms with van der Waals surface area (Å²) in [6, 6.07) is 19.3. The van der Waals surface area contributed by atoms with Crippen LogP contribution in [-0.2, 0) is 16.2 Å². The standard InChI is InChI=1S/C20H22N2O3/c1-15-13-19(21-20(23)24-14-17-9-5-3-6-10-17)22(25-16(15)2)18-11-7-4-8-12-18/h3-13,16,19H,14H2,1-2H3,(H,21,23)/t16-,19-/m0/s1. The second kappa shape index (κ2) is 7.85. The van der Waals surface area contributed by atoms with Gasteiger partial charge in [0.25, 0.3) is 0 Å². The number of carbonyl (C=O) groups excluding carboxylic acids is 1. The number of ether oxygens (including phenoxy) is 1. The summed E-state index contributed by atoms with van der Waals surface area (Å²) in [6.45, 7) is 4.19. The molecule has 0 unspecified atom stereocenters. The number of hydrogen-bond acceptors (Lipinski definition) is 4. The highest BCUT2D eigenvalue weighted by atomic mass is 16.7. The van der Waals surface area contributed by atoms with E-state index in [1.165, 1.54) is 0 Å². The van der Waals surface area contributed by atoms with Crippen LogP contribution in [0.5, 0.6) is 0 Å². The lowest BCUT2D eigenvalue weighted by Crippen LogP contribution is -2.51. The highest BCUT2D eigenvalue weighted by Gasteiger charge is 2.28. The van der Waals surface area contributed by atoms with E-state index in [4.69, 9.17) is 9.57 Å². The van der Waals surface area contributed by atoms with Crippen LogP contribution < -0.4 is 10.4 Å². The Kier molecular flexibility index (Phi) is 5.36. The number of hydrogen-bond donors (Lipinski definition) is 1. The molecule has 0 bridgehead atoms. The molecular weight excluding hydrogens is 316 g/mol. The number of anilines is 1. The highest BCUT2D eigenvalue weighted by Crippen LogP contribution is 2.25. The fourth-order valence-corrected chi connectivity index (χ4v) is 2.55. The molecule has 0 aliphatic carbocycles. The summed E-state index contributed by atoms with van der Waals surface area (Å²) < 4.78 is 5.32. The molecule has 2 aromatic rings. The molecule has 0 saturated carbocycles. The molecule has 0 spiro atoms. The highest BCUT2D eigenvalue weighted by molar-refractivity contribution is 5.69. The lowest BCUT2D eigenvalue weighted by molar-refractivity contribution is 0.0356. The molecule has 1 aliphatic rings. The number of rotatable bonds is 4. The van der Waals surface area contributed by atoms with Crippen molar-refractivity contribution in [3.8, 4) is 0 Å². The van der Waals surface area contributed by atoms with Crippen molar-refractivity contribution in [1.82, 2.24) is 5.32 Å². The zero-order chi connectivity index (χ0) is 17.6. The lowest BCUT2D eigenvalue weighted by Gasteiger charge is -2.37. The zero-order valence-corrected chi connectivity index (χ0v) is 14.4. The summed E-state index contributed by atoms with van der Waals surface area (Å²) in [4.78, 5) is 18.2. The molecule has 130 valence electrons. The minimum absolute atomic E-state index is 0.0569. The fraction of sp³-hybridized carbons (Fsp3) is 0.250. The Morgan fingerprint density at radius 2 is 1.76 bits per heavy atom. The monoisotopic (exact) mass is 338 g/mol. The maximum absolute atomic E-state index is 12.2. The SMILES string of the molecule is CC1=C[C@@H](NC(=O)OCc2ccccc2)N(c2ccccc2)O[C@H]1C. The molecule has 1 N–H and O–H groups in total. The predicted octanol–water partition coefficient (Wildman–Crippen LogP) is 4.03. The van der Waals surface area contributed by atoms with Crippen LogP contribution in [0.4, 0.5) is 10.5 Å². The third-order valence-electron chi connectivity index (χ3n) is 4.08. The van der Waals surface area contributed by atoms with Crippen molar-refractivity contribution in [3.63, 3.8) is 0 Å². The number of para-hydroxylation sites is 1. The van der Waals surface area contributed by atoms with Gasteiger partial charge in [-0.2, -0.15) is 0 Å². The molecule has 5 nitrogen and oxygen atoms in total. The van der Waals surface area contributed by atoms with Crippen molar-refractivity contribution in [3.05, 3.63) is 77.9 Å². The average Bonchev–Trinajstić information content (AvgIpc) is 2.64. The Balaban J connectivity index is 1.68. The van der Waals surface area contributed by atoms with E-state index in [0.717, 1.165) is 16.8 Å². The van der Waals surface area contributed by atoms with Gasteiger partial charge in [-0.05, 0) is 43.2 Å². The number of amides is 1. The summed E-state index contributed by atoms with van der Waals surface area (Å²) in [5.41, 5.74) is 2.87. The van der Waals surface area contributed by atoms with Crippen molar-refractivity contribution in [2.24, 2.45) is 0 Å². The first-order valence-corrected chi connectivity index (χ1v) is 8.30. The van der Waals surface area contributed by atoms with E-state index in [-0.39, 0.29) is 12.7 Å². The first kappa shape index (κ1) is 17.0. The van der Waals surface area contributed by atoms with Crippen molar-refractivity contribution in [2.75, 3.05) is 5.06 Å². The van der Waals surface area contributed by atoms with E-state index in [9.17, 15) is 4.79 Å². The van der Waals surface area contributed by atoms with Crippen LogP contribution in [0.15, 0.2) is 72.3 Å². The number of nitrogens with zero attached hydrogens (tertiary/aromatic N) is 1. The second-order valence-electron chi connectivity index (χ2n) is 5.97. The maximum atomic E-state index is 12.2. The van der Waals surface area contributed by atoms with Crippen molar-refractivity contribution >= 4 is 11.8 Å². The van der Waals surface area contributed by atoms with Gasteiger partial charge in [0.1, 0.15) is 18.9 Å². The number of hydroxylamine groups is 1. The third kappa shape index (κ3) is 4.39. The van der Waals surface area contributed by atoms with Gasteiger partial charge in [0, 0.05) is 0 Å². The van der Waals surface area contributed by atoms with Gasteiger partial charge in [0.05, 0.1) is 5.69 Å². The molecule has 2 atom stereocenters. The van der Waals surface area contributed by atoms with E-state index in [0.29, 0.717) is 0 Å². The van der Waals surface area contributed by atoms with Gasteiger partial charge in [-0.1, -0.05) is 48.5 Å². The molecule has 1 amide bonds. The van der Waals surface area contributed by atoms with Crippen molar-refractivity contribution in [2.45, 2.75) is 32.7 Å². The quantitative estimate of drug-likeness (QED) is 0.855. The summed E-state index contributed by atoms with van der Waals surface area (Å²) in [6.07, 6.45) is 1.00. The molecule has 0 aromatic heterocycles. The first-order chi connectivity index (χ1) is 12.1. The van der Waals surface area contributed by atoms with Crippen LogP contribution in [0.2, 0.25) is 0 Å². The van der Waals surface area contributed by atoms with Crippen LogP contribution in [0.1, 0.15) is 19.4 Å². The van der Waals surface area contributed by atoms with E-state index in [2.05, 4.69) is 5.32 Å². The largest absolute Gasteiger partial charge is 0.445 e. The Labute approximate surface area is 147 Å². The molecule has 1 heterocycles. The summed E-state index contributed by atoms with van der Waals surface area (Å²) in [5, 5.41) is 4.55. The summed E-state index contributed by atoms with van der Waals surface area (Å²) in [7, 11) is 0. The van der Waals surface area contributed by atoms with Gasteiger partial charge in [-0.25, -0.2) is 9.86 Å². The van der Waals surface area contributed by atoms with E-state index >= 15 is 0 Å². The Hall–Kier alpha value is -2.79. The smallest absolute Gasteiger partial charge is 0.409 e. The molecule has 0 fully saturated rings. The average molecular weight is 338 g/mol. The minimum Gasteiger partial charge on any atom is -0.445 e. The molecule has 1 aliphatic heterocycles. The third-order valence-corrected chi connectivity index (χ3v) is 4.08.